The van der Waals surface area contributed by atoms with Crippen molar-refractivity contribution in [2.45, 2.75) is 27.2 Å². The maximum absolute atomic E-state index is 13.2. The van der Waals surface area contributed by atoms with E-state index in [1.165, 1.54) is 4.88 Å². The molecule has 1 aromatic heterocycles. The van der Waals surface area contributed by atoms with Crippen molar-refractivity contribution in [3.63, 3.8) is 0 Å². The zero-order valence-corrected chi connectivity index (χ0v) is 19.0. The van der Waals surface area contributed by atoms with E-state index in [0.717, 1.165) is 39.1 Å². The normalized spacial score (nSPS) is 14.6. The van der Waals surface area contributed by atoms with Crippen molar-refractivity contribution in [1.82, 2.24) is 9.80 Å². The Morgan fingerprint density at radius 2 is 1.60 bits per heavy atom. The summed E-state index contributed by atoms with van der Waals surface area (Å²) in [5, 5.41) is 2.12. The molecule has 7 heteroatoms. The second kappa shape index (κ2) is 11.2. The highest BCUT2D eigenvalue weighted by molar-refractivity contribution is 7.09. The van der Waals surface area contributed by atoms with Gasteiger partial charge < -0.3 is 19.1 Å². The van der Waals surface area contributed by atoms with E-state index in [1.54, 1.807) is 23.5 Å². The van der Waals surface area contributed by atoms with E-state index in [1.807, 2.05) is 25.7 Å². The number of carbonyl (C=O) groups excluding carboxylic acids is 1. The summed E-state index contributed by atoms with van der Waals surface area (Å²) in [4.78, 5) is 19.0. The molecular weight excluding hydrogens is 400 g/mol. The lowest BCUT2D eigenvalue weighted by Gasteiger charge is -2.34. The second-order valence-electron chi connectivity index (χ2n) is 7.06. The summed E-state index contributed by atoms with van der Waals surface area (Å²) in [6.07, 6.45) is 1.07. The predicted octanol–water partition coefficient (Wildman–Crippen LogP) is 3.94. The van der Waals surface area contributed by atoms with Crippen LogP contribution in [-0.4, -0.2) is 68.3 Å². The number of benzene rings is 1. The van der Waals surface area contributed by atoms with Gasteiger partial charge in [0, 0.05) is 43.2 Å². The van der Waals surface area contributed by atoms with Gasteiger partial charge >= 0.3 is 0 Å². The van der Waals surface area contributed by atoms with Crippen LogP contribution in [0.4, 0.5) is 0 Å². The van der Waals surface area contributed by atoms with E-state index in [4.69, 9.17) is 14.2 Å². The molecule has 2 heterocycles. The van der Waals surface area contributed by atoms with Gasteiger partial charge in [0.15, 0.2) is 11.5 Å². The van der Waals surface area contributed by atoms with Crippen LogP contribution in [0.2, 0.25) is 0 Å². The Morgan fingerprint density at radius 3 is 2.13 bits per heavy atom. The van der Waals surface area contributed by atoms with Crippen molar-refractivity contribution in [3.05, 3.63) is 40.1 Å². The molecule has 0 aliphatic carbocycles. The van der Waals surface area contributed by atoms with Crippen LogP contribution in [0.25, 0.3) is 0 Å². The average molecular weight is 433 g/mol. The van der Waals surface area contributed by atoms with Crippen LogP contribution in [0.15, 0.2) is 29.6 Å². The van der Waals surface area contributed by atoms with Gasteiger partial charge in [0.2, 0.25) is 5.75 Å². The third-order valence-electron chi connectivity index (χ3n) is 5.07. The fourth-order valence-corrected chi connectivity index (χ4v) is 4.29. The third-order valence-corrected chi connectivity index (χ3v) is 6.01. The summed E-state index contributed by atoms with van der Waals surface area (Å²) in [5.74, 6) is 1.69. The molecule has 0 atom stereocenters. The summed E-state index contributed by atoms with van der Waals surface area (Å²) >= 11 is 1.80. The SMILES string of the molecule is CCOc1cc(C(=O)N2CCN(CCc3cccs3)CC2)cc(OCC)c1OCC. The summed E-state index contributed by atoms with van der Waals surface area (Å²) in [7, 11) is 0. The smallest absolute Gasteiger partial charge is 0.254 e. The number of hydrogen-bond acceptors (Lipinski definition) is 6. The van der Waals surface area contributed by atoms with E-state index in [0.29, 0.717) is 42.6 Å². The Morgan fingerprint density at radius 1 is 0.967 bits per heavy atom. The number of amides is 1. The van der Waals surface area contributed by atoms with Gasteiger partial charge in [0.05, 0.1) is 19.8 Å². The lowest BCUT2D eigenvalue weighted by atomic mass is 10.1. The van der Waals surface area contributed by atoms with Crippen LogP contribution < -0.4 is 14.2 Å². The largest absolute Gasteiger partial charge is 0.490 e. The molecule has 1 aliphatic heterocycles. The van der Waals surface area contributed by atoms with Gasteiger partial charge in [0.25, 0.3) is 5.91 Å². The number of ether oxygens (including phenoxy) is 3. The molecule has 6 nitrogen and oxygen atoms in total. The first kappa shape index (κ1) is 22.4. The predicted molar refractivity (Wildman–Crippen MR) is 120 cm³/mol. The topological polar surface area (TPSA) is 51.2 Å². The molecule has 1 aliphatic rings. The van der Waals surface area contributed by atoms with Crippen molar-refractivity contribution < 1.29 is 19.0 Å². The molecular formula is C23H32N2O4S. The van der Waals surface area contributed by atoms with E-state index in [-0.39, 0.29) is 5.91 Å². The molecule has 0 bridgehead atoms. The number of piperazine rings is 1. The number of rotatable bonds is 10. The third kappa shape index (κ3) is 5.67. The Hall–Kier alpha value is -2.25. The quantitative estimate of drug-likeness (QED) is 0.569. The minimum Gasteiger partial charge on any atom is -0.490 e. The molecule has 0 unspecified atom stereocenters. The van der Waals surface area contributed by atoms with Crippen molar-refractivity contribution in [2.75, 3.05) is 52.5 Å². The summed E-state index contributed by atoms with van der Waals surface area (Å²) in [6.45, 7) is 11.5. The minimum absolute atomic E-state index is 0.0119. The Labute approximate surface area is 183 Å². The molecule has 30 heavy (non-hydrogen) atoms. The summed E-state index contributed by atoms with van der Waals surface area (Å²) in [6, 6.07) is 7.84. The zero-order valence-electron chi connectivity index (χ0n) is 18.2. The van der Waals surface area contributed by atoms with Crippen molar-refractivity contribution in [2.24, 2.45) is 0 Å². The molecule has 1 amide bonds. The number of nitrogens with zero attached hydrogens (tertiary/aromatic N) is 2. The van der Waals surface area contributed by atoms with E-state index in [9.17, 15) is 4.79 Å². The maximum Gasteiger partial charge on any atom is 0.254 e. The fourth-order valence-electron chi connectivity index (χ4n) is 3.59. The molecule has 1 aromatic carbocycles. The molecule has 1 fully saturated rings. The second-order valence-corrected chi connectivity index (χ2v) is 8.10. The first-order chi connectivity index (χ1) is 14.7. The lowest BCUT2D eigenvalue weighted by Crippen LogP contribution is -2.49. The van der Waals surface area contributed by atoms with Crippen LogP contribution in [0.1, 0.15) is 36.0 Å². The Balaban J connectivity index is 1.66. The average Bonchev–Trinajstić information content (AvgIpc) is 3.28. The molecule has 0 spiro atoms. The Bertz CT molecular complexity index is 775. The molecule has 1 saturated heterocycles. The van der Waals surface area contributed by atoms with Crippen molar-refractivity contribution in [3.8, 4) is 17.2 Å². The molecule has 0 saturated carbocycles. The first-order valence-corrected chi connectivity index (χ1v) is 11.6. The molecule has 0 N–H and O–H groups in total. The van der Waals surface area contributed by atoms with Gasteiger partial charge in [-0.2, -0.15) is 0 Å². The highest BCUT2D eigenvalue weighted by Crippen LogP contribution is 2.39. The number of hydrogen-bond donors (Lipinski definition) is 0. The van der Waals surface area contributed by atoms with Gasteiger partial charge in [-0.15, -0.1) is 11.3 Å². The van der Waals surface area contributed by atoms with Gasteiger partial charge in [-0.05, 0) is 50.8 Å². The Kier molecular flexibility index (Phi) is 8.39. The van der Waals surface area contributed by atoms with Gasteiger partial charge in [-0.3, -0.25) is 9.69 Å². The van der Waals surface area contributed by atoms with Crippen molar-refractivity contribution in [1.29, 1.82) is 0 Å². The van der Waals surface area contributed by atoms with Crippen LogP contribution in [0.3, 0.4) is 0 Å². The van der Waals surface area contributed by atoms with Crippen LogP contribution in [0.5, 0.6) is 17.2 Å². The number of thiophene rings is 1. The van der Waals surface area contributed by atoms with Crippen molar-refractivity contribution >= 4 is 17.2 Å². The minimum atomic E-state index is 0.0119. The highest BCUT2D eigenvalue weighted by atomic mass is 32.1. The van der Waals surface area contributed by atoms with Crippen LogP contribution in [-0.2, 0) is 6.42 Å². The summed E-state index contributed by atoms with van der Waals surface area (Å²) in [5.41, 5.74) is 0.581. The van der Waals surface area contributed by atoms with Gasteiger partial charge in [-0.1, -0.05) is 6.07 Å². The maximum atomic E-state index is 13.2. The summed E-state index contributed by atoms with van der Waals surface area (Å²) < 4.78 is 17.3. The van der Waals surface area contributed by atoms with Gasteiger partial charge in [-0.25, -0.2) is 0 Å². The number of carbonyl (C=O) groups is 1. The van der Waals surface area contributed by atoms with E-state index in [2.05, 4.69) is 22.4 Å². The zero-order chi connectivity index (χ0) is 21.3. The first-order valence-electron chi connectivity index (χ1n) is 10.8. The molecule has 2 aromatic rings. The van der Waals surface area contributed by atoms with E-state index >= 15 is 0 Å². The molecule has 3 rings (SSSR count). The van der Waals surface area contributed by atoms with E-state index < -0.39 is 0 Å². The molecule has 0 radical (unpaired) electrons. The van der Waals surface area contributed by atoms with Crippen LogP contribution in [0, 0.1) is 0 Å². The highest BCUT2D eigenvalue weighted by Gasteiger charge is 2.25. The lowest BCUT2D eigenvalue weighted by molar-refractivity contribution is 0.0637. The molecule has 164 valence electrons. The van der Waals surface area contributed by atoms with Gasteiger partial charge in [0.1, 0.15) is 0 Å². The fraction of sp³-hybridized carbons (Fsp3) is 0.522. The monoisotopic (exact) mass is 432 g/mol. The van der Waals surface area contributed by atoms with Crippen LogP contribution >= 0.6 is 11.3 Å². The standard InChI is InChI=1S/C23H32N2O4S/c1-4-27-20-16-18(17-21(28-5-2)22(20)29-6-3)23(26)25-13-11-24(12-14-25)10-9-19-8-7-15-30-19/h7-8,15-17H,4-6,9-14H2,1-3H3.